The summed E-state index contributed by atoms with van der Waals surface area (Å²) in [6.45, 7) is 1.87. The number of esters is 1. The van der Waals surface area contributed by atoms with Gasteiger partial charge in [-0.05, 0) is 30.7 Å². The molecule has 0 saturated carbocycles. The molecule has 0 aliphatic carbocycles. The number of fused-ring (bicyclic) bond motifs is 1. The van der Waals surface area contributed by atoms with Crippen molar-refractivity contribution in [2.45, 2.75) is 25.5 Å². The number of ether oxygens (including phenoxy) is 1. The number of thiophene rings is 1. The predicted molar refractivity (Wildman–Crippen MR) is 85.2 cm³/mol. The summed E-state index contributed by atoms with van der Waals surface area (Å²) in [5.74, 6) is -0.742. The zero-order valence-corrected chi connectivity index (χ0v) is 13.4. The van der Waals surface area contributed by atoms with Gasteiger partial charge in [-0.2, -0.15) is 0 Å². The minimum absolute atomic E-state index is 0.180. The van der Waals surface area contributed by atoms with Gasteiger partial charge in [-0.3, -0.25) is 4.79 Å². The molecule has 114 valence electrons. The summed E-state index contributed by atoms with van der Waals surface area (Å²) in [7, 11) is 0. The maximum absolute atomic E-state index is 12.3. The molecule has 1 N–H and O–H groups in total. The molecule has 2 heterocycles. The number of amides is 1. The van der Waals surface area contributed by atoms with Gasteiger partial charge < -0.3 is 10.1 Å². The molecule has 4 nitrogen and oxygen atoms in total. The Kier molecular flexibility index (Phi) is 4.18. The molecule has 1 aromatic heterocycles. The van der Waals surface area contributed by atoms with Gasteiger partial charge in [0.1, 0.15) is 0 Å². The zero-order chi connectivity index (χ0) is 15.7. The van der Waals surface area contributed by atoms with Crippen LogP contribution in [0.4, 0.5) is 0 Å². The number of halogens is 1. The van der Waals surface area contributed by atoms with Crippen molar-refractivity contribution in [3.05, 3.63) is 56.7 Å². The fourth-order valence-electron chi connectivity index (χ4n) is 2.42. The number of hydrogen-bond acceptors (Lipinski definition) is 4. The van der Waals surface area contributed by atoms with Crippen LogP contribution in [0.5, 0.6) is 0 Å². The van der Waals surface area contributed by atoms with Crippen LogP contribution in [0.15, 0.2) is 36.4 Å². The van der Waals surface area contributed by atoms with E-state index >= 15 is 0 Å². The number of carbonyl (C=O) groups is 2. The molecule has 0 bridgehead atoms. The van der Waals surface area contributed by atoms with E-state index in [-0.39, 0.29) is 11.9 Å². The molecule has 6 heteroatoms. The molecule has 2 unspecified atom stereocenters. The third-order valence-electron chi connectivity index (χ3n) is 3.56. The average molecular weight is 336 g/mol. The highest BCUT2D eigenvalue weighted by molar-refractivity contribution is 7.16. The van der Waals surface area contributed by atoms with Crippen LogP contribution < -0.4 is 5.32 Å². The second-order valence-electron chi connectivity index (χ2n) is 5.13. The van der Waals surface area contributed by atoms with Crippen molar-refractivity contribution in [2.75, 3.05) is 0 Å². The van der Waals surface area contributed by atoms with Crippen LogP contribution in [0.1, 0.15) is 33.8 Å². The first-order valence-corrected chi connectivity index (χ1v) is 8.08. The lowest BCUT2D eigenvalue weighted by Gasteiger charge is -2.25. The van der Waals surface area contributed by atoms with Gasteiger partial charge in [0, 0.05) is 11.3 Å². The highest BCUT2D eigenvalue weighted by atomic mass is 35.5. The Morgan fingerprint density at radius 1 is 1.36 bits per heavy atom. The molecule has 1 amide bonds. The first-order chi connectivity index (χ1) is 10.5. The predicted octanol–water partition coefficient (Wildman–Crippen LogP) is 3.36. The van der Waals surface area contributed by atoms with Crippen LogP contribution in [0.3, 0.4) is 0 Å². The lowest BCUT2D eigenvalue weighted by Crippen LogP contribution is -2.42. The minimum Gasteiger partial charge on any atom is -0.448 e. The Labute approximate surface area is 137 Å². The topological polar surface area (TPSA) is 55.4 Å². The summed E-state index contributed by atoms with van der Waals surface area (Å²) in [5.41, 5.74) is 1.37. The van der Waals surface area contributed by atoms with Crippen molar-refractivity contribution in [3.63, 3.8) is 0 Å². The van der Waals surface area contributed by atoms with E-state index in [9.17, 15) is 9.59 Å². The molecule has 0 radical (unpaired) electrons. The minimum atomic E-state index is -0.791. The Bertz CT molecular complexity index is 728. The van der Waals surface area contributed by atoms with E-state index in [4.69, 9.17) is 16.3 Å². The van der Waals surface area contributed by atoms with Crippen LogP contribution in [0, 0.1) is 0 Å². The monoisotopic (exact) mass is 335 g/mol. The molecule has 0 saturated heterocycles. The fraction of sp³-hybridized carbons (Fsp3) is 0.250. The van der Waals surface area contributed by atoms with Crippen molar-refractivity contribution >= 4 is 34.8 Å². The van der Waals surface area contributed by atoms with Crippen molar-refractivity contribution < 1.29 is 14.3 Å². The number of nitrogens with one attached hydrogen (secondary N) is 1. The molecular formula is C16H14ClNO3S. The second-order valence-corrected chi connectivity index (χ2v) is 6.87. The third kappa shape index (κ3) is 3.00. The maximum atomic E-state index is 12.3. The van der Waals surface area contributed by atoms with Gasteiger partial charge in [-0.25, -0.2) is 4.79 Å². The summed E-state index contributed by atoms with van der Waals surface area (Å²) in [6.07, 6.45) is -0.397. The van der Waals surface area contributed by atoms with E-state index < -0.39 is 12.1 Å². The van der Waals surface area contributed by atoms with Gasteiger partial charge in [0.05, 0.1) is 15.9 Å². The molecule has 3 rings (SSSR count). The lowest BCUT2D eigenvalue weighted by atomic mass is 9.98. The van der Waals surface area contributed by atoms with Gasteiger partial charge in [-0.15, -0.1) is 11.3 Å². The Morgan fingerprint density at radius 2 is 2.14 bits per heavy atom. The van der Waals surface area contributed by atoms with Crippen LogP contribution in [0.2, 0.25) is 4.34 Å². The van der Waals surface area contributed by atoms with Gasteiger partial charge in [0.2, 0.25) is 0 Å². The number of benzene rings is 1. The zero-order valence-electron chi connectivity index (χ0n) is 11.8. The Morgan fingerprint density at radius 3 is 2.86 bits per heavy atom. The van der Waals surface area contributed by atoms with Crippen molar-refractivity contribution in [2.24, 2.45) is 0 Å². The van der Waals surface area contributed by atoms with Crippen LogP contribution >= 0.6 is 22.9 Å². The highest BCUT2D eigenvalue weighted by Gasteiger charge is 2.31. The molecule has 1 aliphatic heterocycles. The maximum Gasteiger partial charge on any atom is 0.339 e. The number of hydrogen-bond donors (Lipinski definition) is 1. The van der Waals surface area contributed by atoms with Gasteiger partial charge >= 0.3 is 5.97 Å². The SMILES string of the molecule is CC(NC(=O)C1Cc2ccccc2C(=O)O1)c1ccc(Cl)s1. The number of cyclic esters (lactones) is 1. The van der Waals surface area contributed by atoms with Crippen LogP contribution in [-0.4, -0.2) is 18.0 Å². The number of rotatable bonds is 3. The molecule has 1 aliphatic rings. The van der Waals surface area contributed by atoms with Crippen molar-refractivity contribution in [3.8, 4) is 0 Å². The van der Waals surface area contributed by atoms with E-state index in [1.165, 1.54) is 11.3 Å². The smallest absolute Gasteiger partial charge is 0.339 e. The highest BCUT2D eigenvalue weighted by Crippen LogP contribution is 2.27. The Hall–Kier alpha value is -1.85. The van der Waals surface area contributed by atoms with Crippen molar-refractivity contribution in [1.82, 2.24) is 5.32 Å². The van der Waals surface area contributed by atoms with E-state index in [0.29, 0.717) is 16.3 Å². The first kappa shape index (κ1) is 15.1. The molecule has 0 fully saturated rings. The molecular weight excluding hydrogens is 322 g/mol. The normalized spacial score (nSPS) is 18.3. The summed E-state index contributed by atoms with van der Waals surface area (Å²) in [5, 5.41) is 2.87. The molecule has 22 heavy (non-hydrogen) atoms. The van der Waals surface area contributed by atoms with E-state index in [1.807, 2.05) is 25.1 Å². The second kappa shape index (κ2) is 6.10. The summed E-state index contributed by atoms with van der Waals surface area (Å²) >= 11 is 7.32. The van der Waals surface area contributed by atoms with E-state index in [1.54, 1.807) is 18.2 Å². The van der Waals surface area contributed by atoms with E-state index in [0.717, 1.165) is 10.4 Å². The van der Waals surface area contributed by atoms with Gasteiger partial charge in [0.25, 0.3) is 5.91 Å². The average Bonchev–Trinajstić information content (AvgIpc) is 2.94. The van der Waals surface area contributed by atoms with Gasteiger partial charge in [0.15, 0.2) is 6.10 Å². The van der Waals surface area contributed by atoms with Crippen LogP contribution in [-0.2, 0) is 16.0 Å². The fourth-order valence-corrected chi connectivity index (χ4v) is 3.48. The lowest BCUT2D eigenvalue weighted by molar-refractivity contribution is -0.131. The summed E-state index contributed by atoms with van der Waals surface area (Å²) in [6, 6.07) is 10.7. The van der Waals surface area contributed by atoms with Crippen LogP contribution in [0.25, 0.3) is 0 Å². The quantitative estimate of drug-likeness (QED) is 0.875. The first-order valence-electron chi connectivity index (χ1n) is 6.89. The standard InChI is InChI=1S/C16H14ClNO3S/c1-9(13-6-7-14(17)22-13)18-15(19)12-8-10-4-2-3-5-11(10)16(20)21-12/h2-7,9,12H,8H2,1H3,(H,18,19). The molecule has 0 spiro atoms. The molecule has 2 aromatic rings. The van der Waals surface area contributed by atoms with E-state index in [2.05, 4.69) is 5.32 Å². The molecule has 1 aromatic carbocycles. The largest absolute Gasteiger partial charge is 0.448 e. The number of carbonyl (C=O) groups excluding carboxylic acids is 2. The Balaban J connectivity index is 1.70. The summed E-state index contributed by atoms with van der Waals surface area (Å²) < 4.78 is 5.92. The summed E-state index contributed by atoms with van der Waals surface area (Å²) in [4.78, 5) is 25.2. The third-order valence-corrected chi connectivity index (χ3v) is 4.98. The molecule has 2 atom stereocenters. The van der Waals surface area contributed by atoms with Crippen molar-refractivity contribution in [1.29, 1.82) is 0 Å². The van der Waals surface area contributed by atoms with Gasteiger partial charge in [-0.1, -0.05) is 29.8 Å².